The van der Waals surface area contributed by atoms with Crippen LogP contribution in [0.25, 0.3) is 11.2 Å². The summed E-state index contributed by atoms with van der Waals surface area (Å²) in [6.45, 7) is 4.98. The van der Waals surface area contributed by atoms with Crippen LogP contribution in [0.15, 0.2) is 26.0 Å². The zero-order chi connectivity index (χ0) is 18.8. The third-order valence-electron chi connectivity index (χ3n) is 3.79. The molecule has 2 rings (SSSR count). The van der Waals surface area contributed by atoms with Crippen LogP contribution in [0.2, 0.25) is 0 Å². The van der Waals surface area contributed by atoms with E-state index in [1.807, 2.05) is 30.4 Å². The monoisotopic (exact) mass is 401 g/mol. The lowest BCUT2D eigenvalue weighted by Gasteiger charge is -2.22. The summed E-state index contributed by atoms with van der Waals surface area (Å²) >= 11 is 3.66. The highest BCUT2D eigenvalue weighted by Gasteiger charge is 2.15. The molecule has 0 aliphatic rings. The third kappa shape index (κ3) is 6.26. The summed E-state index contributed by atoms with van der Waals surface area (Å²) in [5, 5.41) is 0. The van der Waals surface area contributed by atoms with Crippen molar-refractivity contribution in [1.29, 1.82) is 0 Å². The average Bonchev–Trinajstić information content (AvgIpc) is 3.01. The minimum atomic E-state index is -0.140. The van der Waals surface area contributed by atoms with Crippen molar-refractivity contribution in [2.75, 3.05) is 68.4 Å². The fourth-order valence-corrected chi connectivity index (χ4v) is 4.04. The van der Waals surface area contributed by atoms with Crippen LogP contribution in [0.4, 0.5) is 5.88 Å². The number of anilines is 1. The third-order valence-corrected chi connectivity index (χ3v) is 5.64. The van der Waals surface area contributed by atoms with Gasteiger partial charge in [0.25, 0.3) is 0 Å². The second kappa shape index (κ2) is 11.6. The van der Waals surface area contributed by atoms with Crippen LogP contribution in [0.1, 0.15) is 5.56 Å². The van der Waals surface area contributed by atoms with Gasteiger partial charge >= 0.3 is 0 Å². The maximum atomic E-state index is 12.3. The topological polar surface area (TPSA) is 65.1 Å². The zero-order valence-electron chi connectivity index (χ0n) is 15.6. The van der Waals surface area contributed by atoms with Gasteiger partial charge in [-0.05, 0) is 6.92 Å². The molecule has 0 aliphatic carbocycles. The number of methoxy groups -OCH3 is 2. The van der Waals surface area contributed by atoms with Gasteiger partial charge in [-0.25, -0.2) is 0 Å². The fourth-order valence-electron chi connectivity index (χ4n) is 2.37. The number of rotatable bonds is 13. The Labute approximate surface area is 162 Å². The first-order valence-electron chi connectivity index (χ1n) is 8.57. The molecule has 0 aliphatic heterocycles. The molecule has 0 saturated heterocycles. The number of thioether (sulfide) groups is 2. The Morgan fingerprint density at radius 2 is 1.62 bits per heavy atom. The first-order chi connectivity index (χ1) is 12.7. The Bertz CT molecular complexity index is 701. The van der Waals surface area contributed by atoms with Crippen molar-refractivity contribution < 1.29 is 18.3 Å². The molecule has 8 heteroatoms. The molecule has 0 radical (unpaired) electrons. The van der Waals surface area contributed by atoms with Crippen molar-refractivity contribution >= 4 is 40.6 Å². The molecule has 0 unspecified atom stereocenters. The molecule has 26 heavy (non-hydrogen) atoms. The van der Waals surface area contributed by atoms with Crippen LogP contribution < -0.4 is 10.3 Å². The normalized spacial score (nSPS) is 11.3. The smallest absolute Gasteiger partial charge is 0.230 e. The molecule has 0 atom stereocenters. The second-order valence-corrected chi connectivity index (χ2v) is 8.17. The molecule has 2 aromatic rings. The van der Waals surface area contributed by atoms with Crippen molar-refractivity contribution in [2.45, 2.75) is 6.92 Å². The van der Waals surface area contributed by atoms with E-state index in [1.54, 1.807) is 20.5 Å². The van der Waals surface area contributed by atoms with Gasteiger partial charge in [-0.1, -0.05) is 0 Å². The van der Waals surface area contributed by atoms with Gasteiger partial charge in [0, 0.05) is 55.9 Å². The first-order valence-corrected chi connectivity index (χ1v) is 10.9. The number of furan rings is 1. The van der Waals surface area contributed by atoms with Gasteiger partial charge < -0.3 is 23.2 Å². The van der Waals surface area contributed by atoms with E-state index in [4.69, 9.17) is 18.3 Å². The highest BCUT2D eigenvalue weighted by atomic mass is 32.2. The van der Waals surface area contributed by atoms with Gasteiger partial charge in [-0.15, -0.1) is 0 Å². The van der Waals surface area contributed by atoms with Gasteiger partial charge in [0.15, 0.2) is 11.5 Å². The Hall–Kier alpha value is -1.09. The molecule has 0 amide bonds. The van der Waals surface area contributed by atoms with Crippen LogP contribution in [0.5, 0.6) is 0 Å². The van der Waals surface area contributed by atoms with Crippen molar-refractivity contribution in [3.05, 3.63) is 28.1 Å². The lowest BCUT2D eigenvalue weighted by atomic mass is 10.3. The maximum Gasteiger partial charge on any atom is 0.230 e. The number of hydrogen-bond acceptors (Lipinski definition) is 8. The van der Waals surface area contributed by atoms with E-state index in [0.29, 0.717) is 11.5 Å². The SMILES string of the molecule is COCCSCCN(CCSCCOC)c1cc(=O)c2occ(C)c2o1. The molecule has 2 heterocycles. The van der Waals surface area contributed by atoms with E-state index < -0.39 is 0 Å². The summed E-state index contributed by atoms with van der Waals surface area (Å²) in [6.07, 6.45) is 1.56. The molecule has 0 saturated carbocycles. The minimum absolute atomic E-state index is 0.140. The van der Waals surface area contributed by atoms with Gasteiger partial charge in [-0.3, -0.25) is 4.79 Å². The average molecular weight is 402 g/mol. The predicted octanol–water partition coefficient (Wildman–Crippen LogP) is 3.26. The van der Waals surface area contributed by atoms with Crippen LogP contribution >= 0.6 is 23.5 Å². The van der Waals surface area contributed by atoms with E-state index >= 15 is 0 Å². The summed E-state index contributed by atoms with van der Waals surface area (Å²) in [5.74, 6) is 4.40. The number of aryl methyl sites for hydroxylation is 1. The molecule has 0 N–H and O–H groups in total. The van der Waals surface area contributed by atoms with E-state index in [-0.39, 0.29) is 11.0 Å². The summed E-state index contributed by atoms with van der Waals surface area (Å²) in [6, 6.07) is 1.53. The van der Waals surface area contributed by atoms with Crippen LogP contribution in [-0.2, 0) is 9.47 Å². The lowest BCUT2D eigenvalue weighted by Crippen LogP contribution is -2.29. The molecule has 146 valence electrons. The van der Waals surface area contributed by atoms with Gasteiger partial charge in [0.05, 0.1) is 25.5 Å². The van der Waals surface area contributed by atoms with Crippen molar-refractivity contribution in [3.63, 3.8) is 0 Å². The second-order valence-electron chi connectivity index (χ2n) is 5.72. The van der Waals surface area contributed by atoms with Crippen LogP contribution in [-0.4, -0.2) is 63.5 Å². The van der Waals surface area contributed by atoms with E-state index in [9.17, 15) is 4.79 Å². The molecule has 0 spiro atoms. The van der Waals surface area contributed by atoms with E-state index in [1.165, 1.54) is 6.07 Å². The molecular formula is C18H27NO5S2. The zero-order valence-corrected chi connectivity index (χ0v) is 17.2. The van der Waals surface area contributed by atoms with Gasteiger partial charge in [-0.2, -0.15) is 23.5 Å². The van der Waals surface area contributed by atoms with Crippen LogP contribution in [0.3, 0.4) is 0 Å². The van der Waals surface area contributed by atoms with Crippen LogP contribution in [0, 0.1) is 6.92 Å². The largest absolute Gasteiger partial charge is 0.456 e. The van der Waals surface area contributed by atoms with Gasteiger partial charge in [0.2, 0.25) is 11.0 Å². The van der Waals surface area contributed by atoms with E-state index in [2.05, 4.69) is 4.90 Å². The number of ether oxygens (including phenoxy) is 2. The Morgan fingerprint density at radius 3 is 2.19 bits per heavy atom. The maximum absolute atomic E-state index is 12.3. The molecule has 6 nitrogen and oxygen atoms in total. The summed E-state index contributed by atoms with van der Waals surface area (Å²) in [5.41, 5.74) is 1.52. The Morgan fingerprint density at radius 1 is 1.00 bits per heavy atom. The minimum Gasteiger partial charge on any atom is -0.456 e. The highest BCUT2D eigenvalue weighted by Crippen LogP contribution is 2.23. The Kier molecular flexibility index (Phi) is 9.45. The van der Waals surface area contributed by atoms with Crippen molar-refractivity contribution in [3.8, 4) is 0 Å². The highest BCUT2D eigenvalue weighted by molar-refractivity contribution is 7.99. The summed E-state index contributed by atoms with van der Waals surface area (Å²) in [7, 11) is 3.42. The molecule has 2 aromatic heterocycles. The molecule has 0 fully saturated rings. The number of nitrogens with zero attached hydrogens (tertiary/aromatic N) is 1. The predicted molar refractivity (Wildman–Crippen MR) is 110 cm³/mol. The number of fused-ring (bicyclic) bond motifs is 1. The summed E-state index contributed by atoms with van der Waals surface area (Å²) < 4.78 is 21.5. The number of hydrogen-bond donors (Lipinski definition) is 0. The standard InChI is InChI=1S/C18H27NO5S2/c1-14-13-23-18-15(20)12-16(24-17(14)18)19(4-8-25-10-6-21-2)5-9-26-11-7-22-3/h12-13H,4-11H2,1-3H3. The summed E-state index contributed by atoms with van der Waals surface area (Å²) in [4.78, 5) is 14.5. The quantitative estimate of drug-likeness (QED) is 0.474. The Balaban J connectivity index is 2.05. The fraction of sp³-hybridized carbons (Fsp3) is 0.611. The van der Waals surface area contributed by atoms with Crippen molar-refractivity contribution in [1.82, 2.24) is 0 Å². The van der Waals surface area contributed by atoms with Gasteiger partial charge in [0.1, 0.15) is 0 Å². The molecule has 0 bridgehead atoms. The van der Waals surface area contributed by atoms with Crippen molar-refractivity contribution in [2.24, 2.45) is 0 Å². The lowest BCUT2D eigenvalue weighted by molar-refractivity contribution is 0.218. The van der Waals surface area contributed by atoms with E-state index in [0.717, 1.165) is 54.9 Å². The first kappa shape index (κ1) is 21.2. The molecule has 0 aromatic carbocycles. The molecular weight excluding hydrogens is 374 g/mol.